The Balaban J connectivity index is 0.00000243. The molecule has 0 unspecified atom stereocenters. The van der Waals surface area contributed by atoms with Gasteiger partial charge in [0.25, 0.3) is 0 Å². The van der Waals surface area contributed by atoms with Crippen LogP contribution in [0.4, 0.5) is 10.1 Å². The van der Waals surface area contributed by atoms with E-state index < -0.39 is 0 Å². The third kappa shape index (κ3) is 5.72. The van der Waals surface area contributed by atoms with Crippen molar-refractivity contribution >= 4 is 35.6 Å². The molecule has 1 heterocycles. The minimum absolute atomic E-state index is 0. The predicted octanol–water partition coefficient (Wildman–Crippen LogP) is 3.69. The van der Waals surface area contributed by atoms with Gasteiger partial charge >= 0.3 is 0 Å². The maximum Gasteiger partial charge on any atom is 0.191 e. The van der Waals surface area contributed by atoms with Crippen LogP contribution in [0.2, 0.25) is 0 Å². The molecule has 6 heteroatoms. The molecule has 0 aliphatic carbocycles. The van der Waals surface area contributed by atoms with Gasteiger partial charge in [-0.1, -0.05) is 36.4 Å². The third-order valence-electron chi connectivity index (χ3n) is 4.15. The van der Waals surface area contributed by atoms with Gasteiger partial charge in [-0.25, -0.2) is 4.39 Å². The highest BCUT2D eigenvalue weighted by molar-refractivity contribution is 14.0. The smallest absolute Gasteiger partial charge is 0.191 e. The Kier molecular flexibility index (Phi) is 7.90. The lowest BCUT2D eigenvalue weighted by Gasteiger charge is -2.19. The fourth-order valence-electron chi connectivity index (χ4n) is 2.75. The van der Waals surface area contributed by atoms with Gasteiger partial charge in [0.05, 0.1) is 0 Å². The average Bonchev–Trinajstić information content (AvgIpc) is 3.18. The molecule has 0 bridgehead atoms. The molecule has 0 amide bonds. The summed E-state index contributed by atoms with van der Waals surface area (Å²) < 4.78 is 12.9. The van der Waals surface area contributed by atoms with Crippen LogP contribution < -0.4 is 15.5 Å². The summed E-state index contributed by atoms with van der Waals surface area (Å²) in [5, 5.41) is 6.56. The van der Waals surface area contributed by atoms with Crippen molar-refractivity contribution in [1.82, 2.24) is 10.6 Å². The van der Waals surface area contributed by atoms with Crippen LogP contribution in [0.5, 0.6) is 0 Å². The Morgan fingerprint density at radius 2 is 1.65 bits per heavy atom. The van der Waals surface area contributed by atoms with Crippen molar-refractivity contribution in [2.75, 3.05) is 25.0 Å². The number of hydrogen-bond donors (Lipinski definition) is 2. The van der Waals surface area contributed by atoms with Crippen LogP contribution in [0.1, 0.15) is 11.1 Å². The maximum atomic E-state index is 12.9. The molecule has 138 valence electrons. The van der Waals surface area contributed by atoms with Crippen molar-refractivity contribution in [2.45, 2.75) is 13.1 Å². The van der Waals surface area contributed by atoms with Crippen LogP contribution in [0.3, 0.4) is 0 Å². The number of nitrogens with zero attached hydrogens (tertiary/aromatic N) is 2. The van der Waals surface area contributed by atoms with Crippen molar-refractivity contribution in [3.63, 3.8) is 0 Å². The molecule has 0 atom stereocenters. The van der Waals surface area contributed by atoms with Gasteiger partial charge in [-0.3, -0.25) is 4.99 Å². The molecule has 0 spiro atoms. The largest absolute Gasteiger partial charge is 0.364 e. The first-order valence-corrected chi connectivity index (χ1v) is 8.42. The summed E-state index contributed by atoms with van der Waals surface area (Å²) in [5.41, 5.74) is 3.44. The van der Waals surface area contributed by atoms with Gasteiger partial charge in [0.1, 0.15) is 5.82 Å². The van der Waals surface area contributed by atoms with Crippen LogP contribution >= 0.6 is 24.0 Å². The zero-order chi connectivity index (χ0) is 17.5. The molecular formula is C20H24FIN4. The first kappa shape index (κ1) is 20.2. The third-order valence-corrected chi connectivity index (χ3v) is 4.15. The molecule has 4 nitrogen and oxygen atoms in total. The molecule has 2 aromatic rings. The van der Waals surface area contributed by atoms with Gasteiger partial charge in [-0.15, -0.1) is 24.0 Å². The van der Waals surface area contributed by atoms with Crippen molar-refractivity contribution in [1.29, 1.82) is 0 Å². The van der Waals surface area contributed by atoms with E-state index >= 15 is 0 Å². The zero-order valence-electron chi connectivity index (χ0n) is 14.8. The highest BCUT2D eigenvalue weighted by Crippen LogP contribution is 2.18. The van der Waals surface area contributed by atoms with E-state index in [1.54, 1.807) is 19.2 Å². The highest BCUT2D eigenvalue weighted by Gasteiger charge is 2.08. The quantitative estimate of drug-likeness (QED) is 0.306. The topological polar surface area (TPSA) is 39.7 Å². The van der Waals surface area contributed by atoms with Crippen molar-refractivity contribution in [3.8, 4) is 0 Å². The second kappa shape index (κ2) is 10.2. The number of rotatable bonds is 5. The summed E-state index contributed by atoms with van der Waals surface area (Å²) in [7, 11) is 1.74. The Labute approximate surface area is 171 Å². The number of guanidine groups is 1. The molecule has 0 saturated heterocycles. The number of anilines is 1. The lowest BCUT2D eigenvalue weighted by atomic mass is 10.2. The van der Waals surface area contributed by atoms with Crippen molar-refractivity contribution in [3.05, 3.63) is 77.6 Å². The van der Waals surface area contributed by atoms with E-state index in [0.717, 1.165) is 24.6 Å². The summed E-state index contributed by atoms with van der Waals surface area (Å²) in [6.07, 6.45) is 4.37. The van der Waals surface area contributed by atoms with E-state index in [1.807, 2.05) is 0 Å². The second-order valence-electron chi connectivity index (χ2n) is 5.95. The first-order chi connectivity index (χ1) is 12.2. The zero-order valence-corrected chi connectivity index (χ0v) is 17.1. The van der Waals surface area contributed by atoms with Gasteiger partial charge in [0, 0.05) is 38.9 Å². The van der Waals surface area contributed by atoms with Crippen LogP contribution in [0.15, 0.2) is 65.7 Å². The van der Waals surface area contributed by atoms with E-state index in [1.165, 1.54) is 23.4 Å². The van der Waals surface area contributed by atoms with Crippen LogP contribution in [-0.4, -0.2) is 26.1 Å². The fourth-order valence-corrected chi connectivity index (χ4v) is 2.75. The van der Waals surface area contributed by atoms with Crippen LogP contribution in [-0.2, 0) is 13.1 Å². The first-order valence-electron chi connectivity index (χ1n) is 8.42. The summed E-state index contributed by atoms with van der Waals surface area (Å²) in [5.74, 6) is 0.497. The molecule has 1 aliphatic heterocycles. The maximum absolute atomic E-state index is 12.9. The minimum Gasteiger partial charge on any atom is -0.364 e. The van der Waals surface area contributed by atoms with E-state index in [4.69, 9.17) is 0 Å². The average molecular weight is 466 g/mol. The molecule has 3 rings (SSSR count). The van der Waals surface area contributed by atoms with Gasteiger partial charge in [0.15, 0.2) is 5.96 Å². The van der Waals surface area contributed by atoms with E-state index in [-0.39, 0.29) is 29.8 Å². The molecule has 0 aromatic heterocycles. The molecule has 1 aliphatic rings. The molecule has 26 heavy (non-hydrogen) atoms. The summed E-state index contributed by atoms with van der Waals surface area (Å²) >= 11 is 0. The van der Waals surface area contributed by atoms with E-state index in [9.17, 15) is 4.39 Å². The van der Waals surface area contributed by atoms with Gasteiger partial charge < -0.3 is 15.5 Å². The summed E-state index contributed by atoms with van der Waals surface area (Å²) in [6, 6.07) is 15.0. The Morgan fingerprint density at radius 3 is 2.31 bits per heavy atom. The molecule has 2 aromatic carbocycles. The minimum atomic E-state index is -0.223. The molecule has 0 saturated carbocycles. The van der Waals surface area contributed by atoms with Gasteiger partial charge in [-0.05, 0) is 35.4 Å². The SMILES string of the molecule is CN=C(NCc1ccc(F)cc1)NCc1cccc(N2CC=CC2)c1.I. The molecule has 0 fully saturated rings. The predicted molar refractivity (Wildman–Crippen MR) is 117 cm³/mol. The summed E-state index contributed by atoms with van der Waals surface area (Å²) in [4.78, 5) is 6.56. The Hall–Kier alpha value is -2.09. The van der Waals surface area contributed by atoms with Crippen LogP contribution in [0, 0.1) is 5.82 Å². The lowest BCUT2D eigenvalue weighted by Crippen LogP contribution is -2.36. The number of nitrogens with one attached hydrogen (secondary N) is 2. The number of hydrogen-bond acceptors (Lipinski definition) is 2. The van der Waals surface area contributed by atoms with Crippen molar-refractivity contribution in [2.24, 2.45) is 4.99 Å². The summed E-state index contributed by atoms with van der Waals surface area (Å²) in [6.45, 7) is 3.23. The van der Waals surface area contributed by atoms with E-state index in [2.05, 4.69) is 56.9 Å². The number of halogens is 2. The Morgan fingerprint density at radius 1 is 1.00 bits per heavy atom. The second-order valence-corrected chi connectivity index (χ2v) is 5.95. The standard InChI is InChI=1S/C20H23FN4.HI/c1-22-20(23-14-16-7-9-18(21)10-8-16)24-15-17-5-4-6-19(13-17)25-11-2-3-12-25;/h2-10,13H,11-12,14-15H2,1H3,(H2,22,23,24);1H. The van der Waals surface area contributed by atoms with Gasteiger partial charge in [0.2, 0.25) is 0 Å². The van der Waals surface area contributed by atoms with E-state index in [0.29, 0.717) is 13.1 Å². The van der Waals surface area contributed by atoms with Crippen molar-refractivity contribution < 1.29 is 4.39 Å². The molecular weight excluding hydrogens is 442 g/mol. The monoisotopic (exact) mass is 466 g/mol. The fraction of sp³-hybridized carbons (Fsp3) is 0.250. The van der Waals surface area contributed by atoms with Crippen LogP contribution in [0.25, 0.3) is 0 Å². The Bertz CT molecular complexity index is 751. The molecule has 2 N–H and O–H groups in total. The normalized spacial score (nSPS) is 13.5. The lowest BCUT2D eigenvalue weighted by molar-refractivity contribution is 0.626. The highest BCUT2D eigenvalue weighted by atomic mass is 127. The number of aliphatic imine (C=N–C) groups is 1. The molecule has 0 radical (unpaired) electrons. The van der Waals surface area contributed by atoms with Gasteiger partial charge in [-0.2, -0.15) is 0 Å². The number of benzene rings is 2.